The van der Waals surface area contributed by atoms with Gasteiger partial charge in [0.2, 0.25) is 0 Å². The number of hydrogen-bond acceptors (Lipinski definition) is 6. The van der Waals surface area contributed by atoms with Gasteiger partial charge in [-0.1, -0.05) is 71.2 Å². The molecule has 3 atom stereocenters. The first-order valence-corrected chi connectivity index (χ1v) is 19.0. The standard InChI is InChI=1S/C45H30Cl3N3O3/c46-26-14-18-40-34(22-26)49-43(30-7-1-4-10-37(30)52-40)25-13-17-29(44-31-8-2-5-11-38(31)53-41-19-15-27(47)23-35(41)50-44)33(21-25)45-32-9-3-6-12-39(32)54-42-20-16-28(48)24-36(42)51-45/h1-12,14-16,18-20,22-25,29,33H,13,17,21H2/t25-,29-,33-/m0/s1. The van der Waals surface area contributed by atoms with Gasteiger partial charge in [-0.15, -0.1) is 0 Å². The van der Waals surface area contributed by atoms with Crippen molar-refractivity contribution in [2.75, 3.05) is 0 Å². The molecule has 1 saturated carbocycles. The van der Waals surface area contributed by atoms with Gasteiger partial charge < -0.3 is 14.2 Å². The van der Waals surface area contributed by atoms with Crippen LogP contribution in [0, 0.1) is 17.8 Å². The van der Waals surface area contributed by atoms with Crippen molar-refractivity contribution in [3.63, 3.8) is 0 Å². The van der Waals surface area contributed by atoms with E-state index in [4.69, 9.17) is 64.0 Å². The van der Waals surface area contributed by atoms with Crippen molar-refractivity contribution >= 4 is 69.0 Å². The molecule has 3 aliphatic heterocycles. The highest BCUT2D eigenvalue weighted by Gasteiger charge is 2.42. The lowest BCUT2D eigenvalue weighted by molar-refractivity contribution is 0.333. The van der Waals surface area contributed by atoms with Gasteiger partial charge in [-0.05, 0) is 110 Å². The van der Waals surface area contributed by atoms with E-state index in [1.165, 1.54) is 0 Å². The van der Waals surface area contributed by atoms with Gasteiger partial charge in [-0.2, -0.15) is 0 Å². The Labute approximate surface area is 327 Å². The van der Waals surface area contributed by atoms with Gasteiger partial charge in [0.05, 0.1) is 17.1 Å². The van der Waals surface area contributed by atoms with E-state index < -0.39 is 0 Å². The molecule has 0 radical (unpaired) electrons. The third-order valence-corrected chi connectivity index (χ3v) is 11.3. The van der Waals surface area contributed by atoms with E-state index in [1.54, 1.807) is 0 Å². The van der Waals surface area contributed by atoms with Crippen molar-refractivity contribution in [1.29, 1.82) is 0 Å². The molecule has 3 heterocycles. The maximum absolute atomic E-state index is 6.59. The van der Waals surface area contributed by atoms with Gasteiger partial charge in [0.25, 0.3) is 0 Å². The number of hydrogen-bond donors (Lipinski definition) is 0. The zero-order valence-electron chi connectivity index (χ0n) is 28.7. The van der Waals surface area contributed by atoms with E-state index in [2.05, 4.69) is 18.2 Å². The Kier molecular flexibility index (Phi) is 8.28. The summed E-state index contributed by atoms with van der Waals surface area (Å²) >= 11 is 19.7. The quantitative estimate of drug-likeness (QED) is 0.180. The predicted molar refractivity (Wildman–Crippen MR) is 217 cm³/mol. The summed E-state index contributed by atoms with van der Waals surface area (Å²) in [6, 6.07) is 41.1. The van der Waals surface area contributed by atoms with Crippen LogP contribution < -0.4 is 14.2 Å². The van der Waals surface area contributed by atoms with E-state index in [-0.39, 0.29) is 17.8 Å². The highest BCUT2D eigenvalue weighted by Crippen LogP contribution is 2.50. The predicted octanol–water partition coefficient (Wildman–Crippen LogP) is 13.8. The SMILES string of the molecule is Clc1ccc2c(c1)N=C([C@H]1CC[C@H](C3=Nc4cc(Cl)ccc4Oc4ccccc43)[C@@H](C3=Nc4cc(Cl)ccc4Oc4ccccc43)C1)c1ccccc1O2. The molecule has 0 amide bonds. The van der Waals surface area contributed by atoms with Gasteiger partial charge in [-0.25, -0.2) is 15.0 Å². The van der Waals surface area contributed by atoms with Crippen LogP contribution in [0.1, 0.15) is 36.0 Å². The monoisotopic (exact) mass is 765 g/mol. The average molecular weight is 767 g/mol. The first-order valence-electron chi connectivity index (χ1n) is 17.9. The van der Waals surface area contributed by atoms with Crippen molar-refractivity contribution in [2.24, 2.45) is 32.7 Å². The minimum absolute atomic E-state index is 0.0263. The molecule has 6 nitrogen and oxygen atoms in total. The maximum Gasteiger partial charge on any atom is 0.153 e. The minimum Gasteiger partial charge on any atom is -0.454 e. The molecule has 0 aromatic heterocycles. The molecule has 9 heteroatoms. The van der Waals surface area contributed by atoms with Crippen molar-refractivity contribution in [1.82, 2.24) is 0 Å². The Morgan fingerprint density at radius 2 is 0.796 bits per heavy atom. The van der Waals surface area contributed by atoms with E-state index in [0.717, 1.165) is 63.9 Å². The molecule has 0 saturated heterocycles. The fraction of sp³-hybridized carbons (Fsp3) is 0.133. The number of rotatable bonds is 3. The van der Waals surface area contributed by atoms with Crippen LogP contribution in [0.4, 0.5) is 17.1 Å². The largest absolute Gasteiger partial charge is 0.454 e. The molecule has 1 aliphatic carbocycles. The summed E-state index contributed by atoms with van der Waals surface area (Å²) in [7, 11) is 0. The normalized spacial score (nSPS) is 19.4. The van der Waals surface area contributed by atoms with Gasteiger partial charge in [0.15, 0.2) is 17.2 Å². The van der Waals surface area contributed by atoms with Crippen LogP contribution in [0.2, 0.25) is 15.1 Å². The molecule has 0 spiro atoms. The first kappa shape index (κ1) is 33.2. The Balaban J connectivity index is 1.19. The zero-order chi connectivity index (χ0) is 36.3. The molecule has 264 valence electrons. The summed E-state index contributed by atoms with van der Waals surface area (Å²) in [6.07, 6.45) is 2.33. The third kappa shape index (κ3) is 5.95. The number of halogens is 3. The first-order chi connectivity index (χ1) is 26.4. The number of aliphatic imine (C=N–C) groups is 3. The van der Waals surface area contributed by atoms with Crippen LogP contribution >= 0.6 is 34.8 Å². The molecule has 0 N–H and O–H groups in total. The van der Waals surface area contributed by atoms with Crippen LogP contribution in [-0.4, -0.2) is 17.1 Å². The van der Waals surface area contributed by atoms with Crippen LogP contribution in [0.3, 0.4) is 0 Å². The number of benzene rings is 6. The number of nitrogens with zero attached hydrogens (tertiary/aromatic N) is 3. The van der Waals surface area contributed by atoms with Crippen LogP contribution in [0.25, 0.3) is 0 Å². The second-order valence-corrected chi connectivity index (χ2v) is 15.2. The van der Waals surface area contributed by atoms with Crippen LogP contribution in [0.5, 0.6) is 34.5 Å². The molecule has 4 aliphatic rings. The fourth-order valence-corrected chi connectivity index (χ4v) is 8.64. The van der Waals surface area contributed by atoms with Crippen molar-refractivity contribution < 1.29 is 14.2 Å². The summed E-state index contributed by atoms with van der Waals surface area (Å²) in [6.45, 7) is 0. The van der Waals surface area contributed by atoms with Crippen LogP contribution in [0.15, 0.2) is 142 Å². The summed E-state index contributed by atoms with van der Waals surface area (Å²) < 4.78 is 19.6. The second kappa shape index (κ2) is 13.5. The molecule has 54 heavy (non-hydrogen) atoms. The van der Waals surface area contributed by atoms with E-state index in [9.17, 15) is 0 Å². The van der Waals surface area contributed by atoms with Gasteiger partial charge >= 0.3 is 0 Å². The molecule has 6 aromatic rings. The second-order valence-electron chi connectivity index (χ2n) is 13.8. The molecule has 6 aromatic carbocycles. The number of para-hydroxylation sites is 3. The van der Waals surface area contributed by atoms with Crippen molar-refractivity contribution in [2.45, 2.75) is 19.3 Å². The summed E-state index contributed by atoms with van der Waals surface area (Å²) in [4.78, 5) is 16.2. The lowest BCUT2D eigenvalue weighted by atomic mass is 9.66. The molecule has 1 fully saturated rings. The Bertz CT molecular complexity index is 2600. The summed E-state index contributed by atoms with van der Waals surface area (Å²) in [5, 5.41) is 1.77. The van der Waals surface area contributed by atoms with Gasteiger partial charge in [0.1, 0.15) is 34.3 Å². The van der Waals surface area contributed by atoms with E-state index >= 15 is 0 Å². The topological polar surface area (TPSA) is 64.8 Å². The smallest absolute Gasteiger partial charge is 0.153 e. The molecule has 0 bridgehead atoms. The third-order valence-electron chi connectivity index (χ3n) is 10.6. The molecule has 10 rings (SSSR count). The summed E-state index contributed by atoms with van der Waals surface area (Å²) in [5.74, 6) is 4.01. The fourth-order valence-electron chi connectivity index (χ4n) is 8.14. The molecular weight excluding hydrogens is 737 g/mol. The maximum atomic E-state index is 6.59. The Hall–Kier alpha value is -5.40. The van der Waals surface area contributed by atoms with E-state index in [0.29, 0.717) is 55.8 Å². The Morgan fingerprint density at radius 1 is 0.407 bits per heavy atom. The van der Waals surface area contributed by atoms with Crippen LogP contribution in [-0.2, 0) is 0 Å². The molecular formula is C45H30Cl3N3O3. The van der Waals surface area contributed by atoms with Crippen molar-refractivity contribution in [3.8, 4) is 34.5 Å². The lowest BCUT2D eigenvalue weighted by Gasteiger charge is -2.38. The zero-order valence-corrected chi connectivity index (χ0v) is 30.9. The number of fused-ring (bicyclic) bond motifs is 6. The summed E-state index contributed by atoms with van der Waals surface area (Å²) in [5.41, 5.74) is 7.68. The Morgan fingerprint density at radius 3 is 1.26 bits per heavy atom. The average Bonchev–Trinajstić information content (AvgIpc) is 3.54. The number of ether oxygens (including phenoxy) is 3. The van der Waals surface area contributed by atoms with E-state index in [1.807, 2.05) is 109 Å². The highest BCUT2D eigenvalue weighted by atomic mass is 35.5. The van der Waals surface area contributed by atoms with Gasteiger partial charge in [0, 0.05) is 49.5 Å². The van der Waals surface area contributed by atoms with Gasteiger partial charge in [-0.3, -0.25) is 0 Å². The minimum atomic E-state index is -0.149. The molecule has 0 unspecified atom stereocenters. The highest BCUT2D eigenvalue weighted by molar-refractivity contribution is 6.31. The van der Waals surface area contributed by atoms with Crippen molar-refractivity contribution in [3.05, 3.63) is 159 Å². The lowest BCUT2D eigenvalue weighted by Crippen LogP contribution is -2.38.